The predicted octanol–water partition coefficient (Wildman–Crippen LogP) is 4.42. The Labute approximate surface area is 188 Å². The van der Waals surface area contributed by atoms with Crippen molar-refractivity contribution in [3.63, 3.8) is 0 Å². The summed E-state index contributed by atoms with van der Waals surface area (Å²) in [6, 6.07) is 22.2. The Balaban J connectivity index is 1.74. The van der Waals surface area contributed by atoms with Crippen LogP contribution in [0.5, 0.6) is 0 Å². The Kier molecular flexibility index (Phi) is 8.92. The molecule has 1 N–H and O–H groups in total. The predicted molar refractivity (Wildman–Crippen MR) is 123 cm³/mol. The number of thioether (sulfide) groups is 1. The van der Waals surface area contributed by atoms with Gasteiger partial charge in [-0.1, -0.05) is 72.4 Å². The van der Waals surface area contributed by atoms with Crippen LogP contribution in [0.15, 0.2) is 60.7 Å². The SMILES string of the molecule is CN(C)C(=N)S[C@@H]1C[C@@H](OCc2ccccc2)[C@H](OCc2ccccc2)C(CC#N)O1. The first-order valence-corrected chi connectivity index (χ1v) is 11.2. The number of nitrogens with one attached hydrogen (secondary N) is 1. The van der Waals surface area contributed by atoms with Gasteiger partial charge in [-0.25, -0.2) is 0 Å². The van der Waals surface area contributed by atoms with Gasteiger partial charge in [-0.05, 0) is 11.1 Å². The molecule has 0 bridgehead atoms. The second kappa shape index (κ2) is 11.9. The number of ether oxygens (including phenoxy) is 3. The van der Waals surface area contributed by atoms with Crippen molar-refractivity contribution in [3.05, 3.63) is 71.8 Å². The van der Waals surface area contributed by atoms with Crippen molar-refractivity contribution >= 4 is 16.9 Å². The van der Waals surface area contributed by atoms with Crippen molar-refractivity contribution in [2.45, 2.75) is 49.8 Å². The molecule has 0 amide bonds. The fraction of sp³-hybridized carbons (Fsp3) is 0.417. The lowest BCUT2D eigenvalue weighted by atomic mass is 9.99. The van der Waals surface area contributed by atoms with E-state index in [1.807, 2.05) is 74.8 Å². The van der Waals surface area contributed by atoms with Crippen molar-refractivity contribution < 1.29 is 14.2 Å². The van der Waals surface area contributed by atoms with Gasteiger partial charge in [0.25, 0.3) is 0 Å². The Hall–Kier alpha value is -2.37. The topological polar surface area (TPSA) is 78.6 Å². The van der Waals surface area contributed by atoms with E-state index in [2.05, 4.69) is 6.07 Å². The number of hydrogen-bond acceptors (Lipinski definition) is 6. The van der Waals surface area contributed by atoms with Gasteiger partial charge in [0.2, 0.25) is 0 Å². The van der Waals surface area contributed by atoms with Gasteiger partial charge >= 0.3 is 0 Å². The van der Waals surface area contributed by atoms with E-state index in [1.54, 1.807) is 4.90 Å². The van der Waals surface area contributed by atoms with E-state index < -0.39 is 6.10 Å². The third-order valence-corrected chi connectivity index (χ3v) is 6.17. The molecule has 0 spiro atoms. The maximum absolute atomic E-state index is 9.39. The standard InChI is InChI=1S/C24H29N3O3S/c1-27(2)24(26)31-22-15-21(28-16-18-9-5-3-6-10-18)23(20(30-22)13-14-25)29-17-19-11-7-4-8-12-19/h3-12,20-23,26H,13,15-17H2,1-2H3/t20?,21-,22-,23-/m1/s1. The normalized spacial score (nSPS) is 23.1. The van der Waals surface area contributed by atoms with E-state index in [4.69, 9.17) is 19.6 Å². The quantitative estimate of drug-likeness (QED) is 0.485. The molecule has 1 unspecified atom stereocenters. The molecule has 2 aromatic rings. The summed E-state index contributed by atoms with van der Waals surface area (Å²) < 4.78 is 18.8. The van der Waals surface area contributed by atoms with Crippen molar-refractivity contribution in [1.82, 2.24) is 4.90 Å². The van der Waals surface area contributed by atoms with Crippen LogP contribution in [0.2, 0.25) is 0 Å². The number of hydrogen-bond donors (Lipinski definition) is 1. The van der Waals surface area contributed by atoms with Crippen LogP contribution < -0.4 is 0 Å². The van der Waals surface area contributed by atoms with Crippen molar-refractivity contribution in [3.8, 4) is 6.07 Å². The van der Waals surface area contributed by atoms with E-state index in [9.17, 15) is 5.26 Å². The molecule has 164 valence electrons. The fourth-order valence-corrected chi connectivity index (χ4v) is 4.32. The minimum absolute atomic E-state index is 0.205. The van der Waals surface area contributed by atoms with Gasteiger partial charge in [-0.3, -0.25) is 5.41 Å². The number of amidine groups is 1. The van der Waals surface area contributed by atoms with Gasteiger partial charge in [0.1, 0.15) is 17.6 Å². The molecule has 1 heterocycles. The molecule has 0 saturated carbocycles. The molecule has 7 heteroatoms. The molecule has 3 rings (SSSR count). The first-order valence-electron chi connectivity index (χ1n) is 10.3. The molecular formula is C24H29N3O3S. The molecule has 0 aliphatic carbocycles. The summed E-state index contributed by atoms with van der Waals surface area (Å²) in [7, 11) is 3.67. The molecule has 0 radical (unpaired) electrons. The lowest BCUT2D eigenvalue weighted by molar-refractivity contribution is -0.189. The van der Waals surface area contributed by atoms with E-state index in [1.165, 1.54) is 11.8 Å². The Morgan fingerprint density at radius 1 is 1.06 bits per heavy atom. The van der Waals surface area contributed by atoms with E-state index in [-0.39, 0.29) is 24.1 Å². The van der Waals surface area contributed by atoms with E-state index in [0.29, 0.717) is 24.8 Å². The monoisotopic (exact) mass is 439 g/mol. The van der Waals surface area contributed by atoms with E-state index >= 15 is 0 Å². The highest BCUT2D eigenvalue weighted by atomic mass is 32.2. The summed E-state index contributed by atoms with van der Waals surface area (Å²) in [6.45, 7) is 0.881. The van der Waals surface area contributed by atoms with Gasteiger partial charge in [0, 0.05) is 20.5 Å². The van der Waals surface area contributed by atoms with E-state index in [0.717, 1.165) is 11.1 Å². The first-order chi connectivity index (χ1) is 15.1. The second-order valence-electron chi connectivity index (χ2n) is 7.62. The van der Waals surface area contributed by atoms with Gasteiger partial charge in [0.05, 0.1) is 31.8 Å². The second-order valence-corrected chi connectivity index (χ2v) is 8.76. The van der Waals surface area contributed by atoms with Crippen LogP contribution in [-0.2, 0) is 27.4 Å². The maximum Gasteiger partial charge on any atom is 0.158 e. The third-order valence-electron chi connectivity index (χ3n) is 5.02. The van der Waals surface area contributed by atoms with Crippen molar-refractivity contribution in [2.24, 2.45) is 0 Å². The molecule has 1 aliphatic heterocycles. The lowest BCUT2D eigenvalue weighted by Gasteiger charge is -2.41. The largest absolute Gasteiger partial charge is 0.371 e. The number of rotatable bonds is 8. The highest BCUT2D eigenvalue weighted by Gasteiger charge is 2.41. The fourth-order valence-electron chi connectivity index (χ4n) is 3.37. The highest BCUT2D eigenvalue weighted by molar-refractivity contribution is 8.14. The zero-order valence-corrected chi connectivity index (χ0v) is 18.8. The molecule has 1 aliphatic rings. The molecule has 4 atom stereocenters. The van der Waals surface area contributed by atoms with Gasteiger partial charge in [-0.2, -0.15) is 5.26 Å². The smallest absolute Gasteiger partial charge is 0.158 e. The number of benzene rings is 2. The molecule has 0 aromatic heterocycles. The molecular weight excluding hydrogens is 410 g/mol. The van der Waals surface area contributed by atoms with Crippen LogP contribution in [-0.4, -0.2) is 47.9 Å². The summed E-state index contributed by atoms with van der Waals surface area (Å²) in [4.78, 5) is 1.74. The van der Waals surface area contributed by atoms with Gasteiger partial charge in [0.15, 0.2) is 5.17 Å². The minimum atomic E-state index is -0.421. The van der Waals surface area contributed by atoms with Crippen LogP contribution >= 0.6 is 11.8 Å². The Morgan fingerprint density at radius 3 is 2.19 bits per heavy atom. The number of nitriles is 1. The molecule has 31 heavy (non-hydrogen) atoms. The van der Waals surface area contributed by atoms with Crippen LogP contribution in [0.1, 0.15) is 24.0 Å². The maximum atomic E-state index is 9.39. The zero-order chi connectivity index (χ0) is 22.1. The average Bonchev–Trinajstić information content (AvgIpc) is 2.78. The van der Waals surface area contributed by atoms with Crippen molar-refractivity contribution in [2.75, 3.05) is 14.1 Å². The Bertz CT molecular complexity index is 857. The van der Waals surface area contributed by atoms with Crippen LogP contribution in [0, 0.1) is 16.7 Å². The van der Waals surface area contributed by atoms with Gasteiger partial charge in [-0.15, -0.1) is 0 Å². The minimum Gasteiger partial charge on any atom is -0.371 e. The highest BCUT2D eigenvalue weighted by Crippen LogP contribution is 2.34. The molecule has 2 aromatic carbocycles. The Morgan fingerprint density at radius 2 is 1.65 bits per heavy atom. The summed E-state index contributed by atoms with van der Waals surface area (Å²) in [5.74, 6) is 0. The molecule has 6 nitrogen and oxygen atoms in total. The molecule has 1 fully saturated rings. The summed E-state index contributed by atoms with van der Waals surface area (Å²) in [5.41, 5.74) is 1.87. The third kappa shape index (κ3) is 7.08. The summed E-state index contributed by atoms with van der Waals surface area (Å²) in [5, 5.41) is 18.0. The lowest BCUT2D eigenvalue weighted by Crippen LogP contribution is -2.50. The summed E-state index contributed by atoms with van der Waals surface area (Å²) in [6.07, 6.45) is -0.250. The zero-order valence-electron chi connectivity index (χ0n) is 17.9. The van der Waals surface area contributed by atoms with Crippen molar-refractivity contribution in [1.29, 1.82) is 10.7 Å². The van der Waals surface area contributed by atoms with Crippen LogP contribution in [0.4, 0.5) is 0 Å². The number of nitrogens with zero attached hydrogens (tertiary/aromatic N) is 2. The van der Waals surface area contributed by atoms with Crippen LogP contribution in [0.25, 0.3) is 0 Å². The van der Waals surface area contributed by atoms with Gasteiger partial charge < -0.3 is 19.1 Å². The van der Waals surface area contributed by atoms with Crippen LogP contribution in [0.3, 0.4) is 0 Å². The first kappa shape index (κ1) is 23.3. The summed E-state index contributed by atoms with van der Waals surface area (Å²) >= 11 is 1.34. The molecule has 1 saturated heterocycles. The average molecular weight is 440 g/mol.